The number of rotatable bonds is 4. The maximum Gasteiger partial charge on any atom is 0.240 e. The molecule has 0 aliphatic rings. The van der Waals surface area contributed by atoms with Gasteiger partial charge in [-0.15, -0.1) is 0 Å². The van der Waals surface area contributed by atoms with Crippen molar-refractivity contribution in [2.45, 2.75) is 18.4 Å². The van der Waals surface area contributed by atoms with Crippen molar-refractivity contribution < 1.29 is 13.5 Å². The average molecular weight is 292 g/mol. The monoisotopic (exact) mass is 292 g/mol. The van der Waals surface area contributed by atoms with E-state index in [4.69, 9.17) is 5.73 Å². The van der Waals surface area contributed by atoms with Gasteiger partial charge in [0.15, 0.2) is 0 Å². The molecule has 0 unspecified atom stereocenters. The van der Waals surface area contributed by atoms with E-state index >= 15 is 0 Å². The van der Waals surface area contributed by atoms with Gasteiger partial charge in [-0.25, -0.2) is 13.1 Å². The SMILES string of the molecule is Cc1cccc(CNS(=O)(=O)c2ccc(O)c(N)c2)c1. The molecule has 0 bridgehead atoms. The van der Waals surface area contributed by atoms with Crippen molar-refractivity contribution in [3.8, 4) is 5.75 Å². The molecule has 106 valence electrons. The molecule has 0 aromatic heterocycles. The number of benzene rings is 2. The van der Waals surface area contributed by atoms with E-state index in [1.54, 1.807) is 0 Å². The standard InChI is InChI=1S/C14H16N2O3S/c1-10-3-2-4-11(7-10)9-16-20(18,19)12-5-6-14(17)13(15)8-12/h2-8,16-17H,9,15H2,1H3. The fourth-order valence-electron chi connectivity index (χ4n) is 1.78. The Labute approximate surface area is 118 Å². The summed E-state index contributed by atoms with van der Waals surface area (Å²) in [5.74, 6) is -0.136. The van der Waals surface area contributed by atoms with Crippen molar-refractivity contribution in [3.63, 3.8) is 0 Å². The highest BCUT2D eigenvalue weighted by molar-refractivity contribution is 7.89. The Bertz CT molecular complexity index is 727. The number of phenolic OH excluding ortho intramolecular Hbond substituents is 1. The summed E-state index contributed by atoms with van der Waals surface area (Å²) >= 11 is 0. The van der Waals surface area contributed by atoms with Gasteiger partial charge in [0, 0.05) is 6.54 Å². The molecule has 0 fully saturated rings. The number of nitrogen functional groups attached to an aromatic ring is 1. The molecule has 0 aliphatic carbocycles. The minimum absolute atomic E-state index is 0.0282. The van der Waals surface area contributed by atoms with Crippen molar-refractivity contribution in [2.75, 3.05) is 5.73 Å². The number of aryl methyl sites for hydroxylation is 1. The van der Waals surface area contributed by atoms with Crippen LogP contribution in [0.4, 0.5) is 5.69 Å². The van der Waals surface area contributed by atoms with Crippen molar-refractivity contribution in [2.24, 2.45) is 0 Å². The number of sulfonamides is 1. The van der Waals surface area contributed by atoms with Crippen LogP contribution in [0.5, 0.6) is 5.75 Å². The van der Waals surface area contributed by atoms with Gasteiger partial charge in [0.05, 0.1) is 10.6 Å². The van der Waals surface area contributed by atoms with Crippen LogP contribution >= 0.6 is 0 Å². The average Bonchev–Trinajstić information content (AvgIpc) is 2.40. The van der Waals surface area contributed by atoms with Crippen molar-refractivity contribution in [3.05, 3.63) is 53.6 Å². The third kappa shape index (κ3) is 3.28. The van der Waals surface area contributed by atoms with Crippen molar-refractivity contribution in [1.29, 1.82) is 0 Å². The maximum atomic E-state index is 12.1. The van der Waals surface area contributed by atoms with Crippen LogP contribution in [0.3, 0.4) is 0 Å². The lowest BCUT2D eigenvalue weighted by atomic mass is 10.1. The Morgan fingerprint density at radius 2 is 1.95 bits per heavy atom. The van der Waals surface area contributed by atoms with Crippen LogP contribution in [0.15, 0.2) is 47.4 Å². The van der Waals surface area contributed by atoms with Gasteiger partial charge in [-0.05, 0) is 30.7 Å². The second-order valence-corrected chi connectivity index (χ2v) is 6.30. The fraction of sp³-hybridized carbons (Fsp3) is 0.143. The van der Waals surface area contributed by atoms with E-state index in [2.05, 4.69) is 4.72 Å². The smallest absolute Gasteiger partial charge is 0.240 e. The maximum absolute atomic E-state index is 12.1. The summed E-state index contributed by atoms with van der Waals surface area (Å²) in [7, 11) is -3.65. The molecule has 0 radical (unpaired) electrons. The van der Waals surface area contributed by atoms with Crippen LogP contribution in [0.2, 0.25) is 0 Å². The first-order valence-corrected chi connectivity index (χ1v) is 7.50. The molecule has 0 heterocycles. The Kier molecular flexibility index (Phi) is 3.96. The highest BCUT2D eigenvalue weighted by Crippen LogP contribution is 2.23. The predicted octanol–water partition coefficient (Wildman–Crippen LogP) is 1.76. The second-order valence-electron chi connectivity index (χ2n) is 4.53. The van der Waals surface area contributed by atoms with Gasteiger partial charge in [0.25, 0.3) is 0 Å². The molecule has 2 aromatic rings. The van der Waals surface area contributed by atoms with Crippen molar-refractivity contribution in [1.82, 2.24) is 4.72 Å². The van der Waals surface area contributed by atoms with Crippen LogP contribution < -0.4 is 10.5 Å². The Morgan fingerprint density at radius 3 is 2.60 bits per heavy atom. The summed E-state index contributed by atoms with van der Waals surface area (Å²) in [6.07, 6.45) is 0. The van der Waals surface area contributed by atoms with Crippen LogP contribution in [0.25, 0.3) is 0 Å². The van der Waals surface area contributed by atoms with Gasteiger partial charge in [-0.1, -0.05) is 29.8 Å². The van der Waals surface area contributed by atoms with Gasteiger partial charge in [-0.3, -0.25) is 0 Å². The minimum Gasteiger partial charge on any atom is -0.506 e. The van der Waals surface area contributed by atoms with Gasteiger partial charge < -0.3 is 10.8 Å². The van der Waals surface area contributed by atoms with Crippen LogP contribution in [-0.2, 0) is 16.6 Å². The van der Waals surface area contributed by atoms with Gasteiger partial charge in [-0.2, -0.15) is 0 Å². The zero-order valence-electron chi connectivity index (χ0n) is 11.0. The molecule has 6 heteroatoms. The van der Waals surface area contributed by atoms with E-state index in [0.29, 0.717) is 0 Å². The fourth-order valence-corrected chi connectivity index (χ4v) is 2.84. The molecule has 0 saturated carbocycles. The van der Waals surface area contributed by atoms with E-state index in [-0.39, 0.29) is 22.9 Å². The summed E-state index contributed by atoms with van der Waals surface area (Å²) in [5, 5.41) is 9.31. The number of phenols is 1. The first-order chi connectivity index (χ1) is 9.38. The first-order valence-electron chi connectivity index (χ1n) is 6.02. The van der Waals surface area contributed by atoms with Crippen molar-refractivity contribution >= 4 is 15.7 Å². The first kappa shape index (κ1) is 14.4. The number of anilines is 1. The molecule has 20 heavy (non-hydrogen) atoms. The molecule has 0 aliphatic heterocycles. The summed E-state index contributed by atoms with van der Waals surface area (Å²) in [6.45, 7) is 2.14. The summed E-state index contributed by atoms with van der Waals surface area (Å²) in [6, 6.07) is 11.4. The van der Waals surface area contributed by atoms with Crippen LogP contribution in [-0.4, -0.2) is 13.5 Å². The molecular formula is C14H16N2O3S. The Hall–Kier alpha value is -2.05. The predicted molar refractivity (Wildman–Crippen MR) is 77.7 cm³/mol. The number of hydrogen-bond donors (Lipinski definition) is 3. The number of nitrogens with one attached hydrogen (secondary N) is 1. The Balaban J connectivity index is 2.17. The Morgan fingerprint density at radius 1 is 1.20 bits per heavy atom. The largest absolute Gasteiger partial charge is 0.506 e. The van der Waals surface area contributed by atoms with E-state index in [9.17, 15) is 13.5 Å². The summed E-state index contributed by atoms with van der Waals surface area (Å²) in [4.78, 5) is 0.0282. The van der Waals surface area contributed by atoms with E-state index < -0.39 is 10.0 Å². The van der Waals surface area contributed by atoms with Gasteiger partial charge >= 0.3 is 0 Å². The molecule has 4 N–H and O–H groups in total. The molecule has 0 spiro atoms. The quantitative estimate of drug-likeness (QED) is 0.591. The molecular weight excluding hydrogens is 276 g/mol. The zero-order chi connectivity index (χ0) is 14.8. The molecule has 5 nitrogen and oxygen atoms in total. The summed E-state index contributed by atoms with van der Waals surface area (Å²) in [5.41, 5.74) is 7.47. The molecule has 2 rings (SSSR count). The lowest BCUT2D eigenvalue weighted by Gasteiger charge is -2.08. The van der Waals surface area contributed by atoms with Gasteiger partial charge in [0.1, 0.15) is 5.75 Å². The topological polar surface area (TPSA) is 92.4 Å². The molecule has 2 aromatic carbocycles. The molecule has 0 amide bonds. The molecule has 0 atom stereocenters. The third-order valence-corrected chi connectivity index (χ3v) is 4.26. The van der Waals surface area contributed by atoms with E-state index in [1.165, 1.54) is 18.2 Å². The zero-order valence-corrected chi connectivity index (χ0v) is 11.8. The van der Waals surface area contributed by atoms with Crippen LogP contribution in [0.1, 0.15) is 11.1 Å². The highest BCUT2D eigenvalue weighted by atomic mass is 32.2. The summed E-state index contributed by atoms with van der Waals surface area (Å²) < 4.78 is 26.7. The number of nitrogens with two attached hydrogens (primary N) is 1. The minimum atomic E-state index is -3.65. The second kappa shape index (κ2) is 5.52. The van der Waals surface area contributed by atoms with Gasteiger partial charge in [0.2, 0.25) is 10.0 Å². The van der Waals surface area contributed by atoms with E-state index in [1.807, 2.05) is 31.2 Å². The van der Waals surface area contributed by atoms with Crippen LogP contribution in [0, 0.1) is 6.92 Å². The normalized spacial score (nSPS) is 11.4. The number of aromatic hydroxyl groups is 1. The van der Waals surface area contributed by atoms with E-state index in [0.717, 1.165) is 11.1 Å². The molecule has 0 saturated heterocycles. The third-order valence-electron chi connectivity index (χ3n) is 2.86. The lowest BCUT2D eigenvalue weighted by Crippen LogP contribution is -2.23. The lowest BCUT2D eigenvalue weighted by molar-refractivity contribution is 0.477. The highest BCUT2D eigenvalue weighted by Gasteiger charge is 2.15. The number of hydrogen-bond acceptors (Lipinski definition) is 4.